The number of likely N-dealkylation sites (N-methyl/N-ethyl adjacent to an activating group) is 2. The van der Waals surface area contributed by atoms with E-state index < -0.39 is 66.6 Å². The number of rotatable bonds is 7. The fourth-order valence-electron chi connectivity index (χ4n) is 5.56. The maximum Gasteiger partial charge on any atom is 0.239 e. The predicted molar refractivity (Wildman–Crippen MR) is 139 cm³/mol. The van der Waals surface area contributed by atoms with Crippen LogP contribution < -0.4 is 21.3 Å². The second-order valence-electron chi connectivity index (χ2n) is 10.1. The molecule has 12 nitrogen and oxygen atoms in total. The van der Waals surface area contributed by atoms with Crippen LogP contribution in [0.15, 0.2) is 29.6 Å². The molecule has 0 spiro atoms. The van der Waals surface area contributed by atoms with Crippen LogP contribution in [-0.4, -0.2) is 101 Å². The van der Waals surface area contributed by atoms with E-state index in [2.05, 4.69) is 26.3 Å². The molecule has 39 heavy (non-hydrogen) atoms. The van der Waals surface area contributed by atoms with Gasteiger partial charge in [0.2, 0.25) is 18.0 Å². The Labute approximate surface area is 228 Å². The Bertz CT molecular complexity index is 1180. The van der Waals surface area contributed by atoms with E-state index in [0.29, 0.717) is 16.5 Å². The summed E-state index contributed by atoms with van der Waals surface area (Å²) in [7, 11) is 3.26. The first kappa shape index (κ1) is 28.3. The quantitative estimate of drug-likeness (QED) is 0.232. The standard InChI is InChI=1S/C25H34FN5O7S/c1-11-7-15(31-16(32)9-14-10-39-24(30-14)29-13-6-4-5-12(26)8-13)25(35)23(36-11)37-22-20(34)17(27-2)19(33)18(28-3)21(22)38-25/h4-6,8,10-11,15,17-23,27-28,33-35H,7,9H2,1-3H3,(H,29,30)(H,31,32)/t11-,15-,17-,18+,19+,20-,21?,22?,23?,25+/m1/s1. The highest BCUT2D eigenvalue weighted by Gasteiger charge is 2.63. The lowest BCUT2D eigenvalue weighted by Gasteiger charge is -2.58. The van der Waals surface area contributed by atoms with Crippen LogP contribution in [0.25, 0.3) is 0 Å². The molecular formula is C25H34FN5O7S. The van der Waals surface area contributed by atoms with Gasteiger partial charge in [-0.05, 0) is 45.6 Å². The van der Waals surface area contributed by atoms with E-state index in [-0.39, 0.29) is 18.7 Å². The molecule has 10 atom stereocenters. The summed E-state index contributed by atoms with van der Waals surface area (Å²) >= 11 is 1.28. The van der Waals surface area contributed by atoms with Gasteiger partial charge >= 0.3 is 0 Å². The second kappa shape index (κ2) is 11.3. The van der Waals surface area contributed by atoms with Crippen molar-refractivity contribution in [2.45, 2.75) is 80.5 Å². The number of aromatic nitrogens is 1. The van der Waals surface area contributed by atoms with Crippen molar-refractivity contribution in [1.82, 2.24) is 20.9 Å². The summed E-state index contributed by atoms with van der Waals surface area (Å²) in [6.45, 7) is 1.78. The van der Waals surface area contributed by atoms with Crippen molar-refractivity contribution in [2.75, 3.05) is 19.4 Å². The van der Waals surface area contributed by atoms with E-state index in [1.54, 1.807) is 38.5 Å². The number of hydrogen-bond acceptors (Lipinski definition) is 12. The molecule has 2 aliphatic heterocycles. The number of halogens is 1. The number of aliphatic hydroxyl groups excluding tert-OH is 2. The van der Waals surface area contributed by atoms with Gasteiger partial charge in [0.15, 0.2) is 5.13 Å². The Balaban J connectivity index is 1.28. The average molecular weight is 568 g/mol. The molecule has 214 valence electrons. The average Bonchev–Trinajstić information content (AvgIpc) is 3.31. The lowest BCUT2D eigenvalue weighted by molar-refractivity contribution is -0.449. The minimum atomic E-state index is -2.07. The van der Waals surface area contributed by atoms with Crippen LogP contribution in [0, 0.1) is 5.82 Å². The topological polar surface area (TPSA) is 166 Å². The van der Waals surface area contributed by atoms with E-state index >= 15 is 0 Å². The lowest BCUT2D eigenvalue weighted by Crippen LogP contribution is -2.79. The van der Waals surface area contributed by atoms with Crippen molar-refractivity contribution in [3.63, 3.8) is 0 Å². The summed E-state index contributed by atoms with van der Waals surface area (Å²) < 4.78 is 31.5. The summed E-state index contributed by atoms with van der Waals surface area (Å²) in [6.07, 6.45) is -5.54. The number of anilines is 2. The van der Waals surface area contributed by atoms with Gasteiger partial charge in [0.1, 0.15) is 24.1 Å². The third kappa shape index (κ3) is 5.53. The van der Waals surface area contributed by atoms with Crippen LogP contribution >= 0.6 is 11.3 Å². The van der Waals surface area contributed by atoms with Crippen LogP contribution in [-0.2, 0) is 25.4 Å². The Hall–Kier alpha value is -2.27. The van der Waals surface area contributed by atoms with E-state index in [1.165, 1.54) is 23.5 Å². The first-order valence-electron chi connectivity index (χ1n) is 12.8. The zero-order valence-electron chi connectivity index (χ0n) is 21.7. The Morgan fingerprint density at radius 2 is 1.95 bits per heavy atom. The first-order chi connectivity index (χ1) is 18.6. The van der Waals surface area contributed by atoms with E-state index in [4.69, 9.17) is 14.2 Å². The predicted octanol–water partition coefficient (Wildman–Crippen LogP) is -0.428. The minimum Gasteiger partial charge on any atom is -0.390 e. The van der Waals surface area contributed by atoms with Crippen molar-refractivity contribution in [2.24, 2.45) is 0 Å². The lowest BCUT2D eigenvalue weighted by atomic mass is 9.79. The maximum atomic E-state index is 13.5. The number of carbonyl (C=O) groups is 1. The van der Waals surface area contributed by atoms with Crippen molar-refractivity contribution >= 4 is 28.1 Å². The van der Waals surface area contributed by atoms with E-state index in [0.717, 1.165) is 0 Å². The molecule has 3 heterocycles. The monoisotopic (exact) mass is 567 g/mol. The van der Waals surface area contributed by atoms with Gasteiger partial charge in [-0.3, -0.25) is 4.79 Å². The fourth-order valence-corrected chi connectivity index (χ4v) is 6.29. The molecule has 1 aliphatic carbocycles. The van der Waals surface area contributed by atoms with Gasteiger partial charge < -0.3 is 50.8 Å². The Morgan fingerprint density at radius 1 is 1.18 bits per heavy atom. The number of carbonyl (C=O) groups excluding carboxylic acids is 1. The summed E-state index contributed by atoms with van der Waals surface area (Å²) in [4.78, 5) is 17.4. The summed E-state index contributed by atoms with van der Waals surface area (Å²) in [5.41, 5.74) is 1.03. The van der Waals surface area contributed by atoms with Gasteiger partial charge in [-0.2, -0.15) is 0 Å². The molecule has 1 amide bonds. The zero-order chi connectivity index (χ0) is 27.9. The molecule has 7 N–H and O–H groups in total. The summed E-state index contributed by atoms with van der Waals surface area (Å²) in [5.74, 6) is -2.85. The number of thiazole rings is 1. The van der Waals surface area contributed by atoms with Gasteiger partial charge in [-0.15, -0.1) is 11.3 Å². The first-order valence-corrected chi connectivity index (χ1v) is 13.7. The molecule has 1 aromatic carbocycles. The van der Waals surface area contributed by atoms with Gasteiger partial charge in [0.25, 0.3) is 0 Å². The molecule has 3 aliphatic rings. The molecule has 14 heteroatoms. The molecule has 5 rings (SSSR count). The minimum absolute atomic E-state index is 0.0683. The van der Waals surface area contributed by atoms with Gasteiger partial charge in [-0.25, -0.2) is 9.37 Å². The molecule has 2 aromatic rings. The van der Waals surface area contributed by atoms with Crippen LogP contribution in [0.4, 0.5) is 15.2 Å². The molecule has 0 bridgehead atoms. The molecule has 0 radical (unpaired) electrons. The Kier molecular flexibility index (Phi) is 8.20. The normalized spacial score (nSPS) is 38.0. The number of fused-ring (bicyclic) bond motifs is 2. The van der Waals surface area contributed by atoms with Gasteiger partial charge in [0, 0.05) is 11.1 Å². The highest BCUT2D eigenvalue weighted by molar-refractivity contribution is 7.13. The Morgan fingerprint density at radius 3 is 2.67 bits per heavy atom. The molecule has 2 saturated heterocycles. The van der Waals surface area contributed by atoms with Crippen LogP contribution in [0.1, 0.15) is 19.0 Å². The maximum absolute atomic E-state index is 13.5. The molecular weight excluding hydrogens is 533 g/mol. The summed E-state index contributed by atoms with van der Waals surface area (Å²) in [5, 5.41) is 47.3. The summed E-state index contributed by atoms with van der Waals surface area (Å²) in [6, 6.07) is 3.68. The van der Waals surface area contributed by atoms with Crippen LogP contribution in [0.5, 0.6) is 0 Å². The number of amides is 1. The smallest absolute Gasteiger partial charge is 0.239 e. The molecule has 3 unspecified atom stereocenters. The third-order valence-corrected chi connectivity index (χ3v) is 8.26. The van der Waals surface area contributed by atoms with Gasteiger partial charge in [-0.1, -0.05) is 6.07 Å². The zero-order valence-corrected chi connectivity index (χ0v) is 22.5. The van der Waals surface area contributed by atoms with Crippen molar-refractivity contribution in [3.05, 3.63) is 41.2 Å². The number of nitrogens with zero attached hydrogens (tertiary/aromatic N) is 1. The highest BCUT2D eigenvalue weighted by Crippen LogP contribution is 2.42. The third-order valence-electron chi connectivity index (χ3n) is 7.46. The fraction of sp³-hybridized carbons (Fsp3) is 0.600. The van der Waals surface area contributed by atoms with Crippen LogP contribution in [0.3, 0.4) is 0 Å². The van der Waals surface area contributed by atoms with Crippen molar-refractivity contribution in [1.29, 1.82) is 0 Å². The van der Waals surface area contributed by atoms with Gasteiger partial charge in [0.05, 0.1) is 42.4 Å². The molecule has 1 saturated carbocycles. The number of ether oxygens (including phenoxy) is 3. The molecule has 3 fully saturated rings. The number of nitrogens with one attached hydrogen (secondary N) is 4. The SMILES string of the molecule is CN[C@@H]1[C@H](O)[C@H](NC)C2O[C@]3(O)C(OC2[C@@H]1O)O[C@H](C)C[C@H]3NC(=O)Cc1csc(Nc2cccc(F)c2)n1. The highest BCUT2D eigenvalue weighted by atomic mass is 32.1. The van der Waals surface area contributed by atoms with Crippen molar-refractivity contribution in [3.8, 4) is 0 Å². The molecule has 1 aromatic heterocycles. The van der Waals surface area contributed by atoms with E-state index in [9.17, 15) is 24.5 Å². The number of hydrogen-bond donors (Lipinski definition) is 7. The largest absolute Gasteiger partial charge is 0.390 e. The number of aliphatic hydroxyl groups is 3. The van der Waals surface area contributed by atoms with Crippen molar-refractivity contribution < 1.29 is 38.7 Å². The second-order valence-corrected chi connectivity index (χ2v) is 11.0. The van der Waals surface area contributed by atoms with E-state index in [1.807, 2.05) is 0 Å². The number of benzene rings is 1. The van der Waals surface area contributed by atoms with Crippen LogP contribution in [0.2, 0.25) is 0 Å².